The van der Waals surface area contributed by atoms with E-state index in [0.29, 0.717) is 16.3 Å². The number of benzene rings is 1. The Kier molecular flexibility index (Phi) is 7.17. The van der Waals surface area contributed by atoms with E-state index in [1.807, 2.05) is 6.92 Å². The van der Waals surface area contributed by atoms with Crippen LogP contribution in [0.3, 0.4) is 0 Å². The van der Waals surface area contributed by atoms with Crippen LogP contribution in [-0.2, 0) is 14.3 Å². The highest BCUT2D eigenvalue weighted by Gasteiger charge is 2.18. The number of thiophene rings is 1. The van der Waals surface area contributed by atoms with Crippen molar-refractivity contribution in [1.82, 2.24) is 5.32 Å². The van der Waals surface area contributed by atoms with E-state index in [1.54, 1.807) is 35.0 Å². The summed E-state index contributed by atoms with van der Waals surface area (Å²) in [7, 11) is 0. The molecule has 8 heteroatoms. The van der Waals surface area contributed by atoms with Crippen LogP contribution in [0, 0.1) is 6.92 Å². The van der Waals surface area contributed by atoms with E-state index in [0.717, 1.165) is 5.56 Å². The van der Waals surface area contributed by atoms with E-state index >= 15 is 0 Å². The van der Waals surface area contributed by atoms with Crippen molar-refractivity contribution in [2.45, 2.75) is 26.4 Å². The van der Waals surface area contributed by atoms with Crippen LogP contribution >= 0.6 is 22.9 Å². The van der Waals surface area contributed by atoms with E-state index in [1.165, 1.54) is 18.3 Å². The van der Waals surface area contributed by atoms with Gasteiger partial charge in [-0.15, -0.1) is 0 Å². The Bertz CT molecular complexity index is 792. The minimum atomic E-state index is -0.964. The van der Waals surface area contributed by atoms with E-state index in [-0.39, 0.29) is 18.9 Å². The van der Waals surface area contributed by atoms with Gasteiger partial charge in [0.2, 0.25) is 0 Å². The lowest BCUT2D eigenvalue weighted by Crippen LogP contribution is -2.32. The van der Waals surface area contributed by atoms with Gasteiger partial charge in [-0.05, 0) is 43.0 Å². The highest BCUT2D eigenvalue weighted by Crippen LogP contribution is 2.20. The van der Waals surface area contributed by atoms with Gasteiger partial charge < -0.3 is 15.4 Å². The molecule has 0 spiro atoms. The molecule has 2 aromatic rings. The van der Waals surface area contributed by atoms with Crippen molar-refractivity contribution in [3.8, 4) is 0 Å². The zero-order chi connectivity index (χ0) is 19.1. The van der Waals surface area contributed by atoms with Crippen LogP contribution in [0.15, 0.2) is 35.0 Å². The normalized spacial score (nSPS) is 11.5. The summed E-state index contributed by atoms with van der Waals surface area (Å²) in [6.07, 6.45) is -0.989. The molecule has 0 saturated carbocycles. The molecule has 26 heavy (non-hydrogen) atoms. The first-order valence-corrected chi connectivity index (χ1v) is 9.26. The number of rotatable bonds is 7. The molecule has 0 aliphatic heterocycles. The van der Waals surface area contributed by atoms with Gasteiger partial charge in [0, 0.05) is 28.2 Å². The zero-order valence-electron chi connectivity index (χ0n) is 14.4. The van der Waals surface area contributed by atoms with Crippen LogP contribution < -0.4 is 10.6 Å². The number of nitrogens with one attached hydrogen (secondary N) is 2. The zero-order valence-corrected chi connectivity index (χ0v) is 15.9. The molecule has 1 aromatic heterocycles. The topological polar surface area (TPSA) is 84.5 Å². The van der Waals surface area contributed by atoms with Crippen molar-refractivity contribution in [2.24, 2.45) is 0 Å². The van der Waals surface area contributed by atoms with Gasteiger partial charge in [-0.3, -0.25) is 14.4 Å². The summed E-state index contributed by atoms with van der Waals surface area (Å²) >= 11 is 7.33. The van der Waals surface area contributed by atoms with Crippen LogP contribution in [0.4, 0.5) is 5.69 Å². The molecule has 2 N–H and O–H groups in total. The van der Waals surface area contributed by atoms with Crippen molar-refractivity contribution in [1.29, 1.82) is 0 Å². The Labute approximate surface area is 160 Å². The molecule has 1 aromatic carbocycles. The summed E-state index contributed by atoms with van der Waals surface area (Å²) in [6.45, 7) is 3.45. The molecular weight excluding hydrogens is 376 g/mol. The van der Waals surface area contributed by atoms with Gasteiger partial charge >= 0.3 is 5.97 Å². The fraction of sp³-hybridized carbons (Fsp3) is 0.278. The molecular formula is C18H19ClN2O4S. The van der Waals surface area contributed by atoms with Crippen LogP contribution in [-0.4, -0.2) is 30.4 Å². The lowest BCUT2D eigenvalue weighted by Gasteiger charge is -2.15. The Hall–Kier alpha value is -2.38. The third-order valence-electron chi connectivity index (χ3n) is 3.53. The number of hydrogen-bond acceptors (Lipinski definition) is 5. The Morgan fingerprint density at radius 3 is 2.73 bits per heavy atom. The molecule has 1 unspecified atom stereocenters. The average molecular weight is 395 g/mol. The van der Waals surface area contributed by atoms with Gasteiger partial charge in [-0.2, -0.15) is 11.3 Å². The number of amides is 2. The van der Waals surface area contributed by atoms with Crippen molar-refractivity contribution in [2.75, 3.05) is 11.9 Å². The van der Waals surface area contributed by atoms with Gasteiger partial charge in [-0.25, -0.2) is 0 Å². The summed E-state index contributed by atoms with van der Waals surface area (Å²) in [4.78, 5) is 35.7. The van der Waals surface area contributed by atoms with Crippen LogP contribution in [0.25, 0.3) is 0 Å². The number of ether oxygens (including phenoxy) is 1. The van der Waals surface area contributed by atoms with Gasteiger partial charge in [-0.1, -0.05) is 17.7 Å². The first-order valence-electron chi connectivity index (χ1n) is 7.93. The van der Waals surface area contributed by atoms with Gasteiger partial charge in [0.05, 0.1) is 6.42 Å². The highest BCUT2D eigenvalue weighted by molar-refractivity contribution is 7.08. The third-order valence-corrected chi connectivity index (χ3v) is 4.45. The first kappa shape index (κ1) is 19.9. The fourth-order valence-electron chi connectivity index (χ4n) is 2.05. The second-order valence-electron chi connectivity index (χ2n) is 5.60. The molecule has 6 nitrogen and oxygen atoms in total. The minimum Gasteiger partial charge on any atom is -0.452 e. The van der Waals surface area contributed by atoms with Gasteiger partial charge in [0.25, 0.3) is 11.8 Å². The van der Waals surface area contributed by atoms with Crippen LogP contribution in [0.5, 0.6) is 0 Å². The van der Waals surface area contributed by atoms with Crippen molar-refractivity contribution in [3.63, 3.8) is 0 Å². The second-order valence-corrected chi connectivity index (χ2v) is 6.81. The monoisotopic (exact) mass is 394 g/mol. The molecule has 1 heterocycles. The lowest BCUT2D eigenvalue weighted by molar-refractivity contribution is -0.153. The predicted octanol–water partition coefficient (Wildman–Crippen LogP) is 3.40. The minimum absolute atomic E-state index is 0.0241. The van der Waals surface area contributed by atoms with Crippen LogP contribution in [0.2, 0.25) is 5.02 Å². The van der Waals surface area contributed by atoms with Crippen LogP contribution in [0.1, 0.15) is 29.3 Å². The molecule has 1 atom stereocenters. The number of anilines is 1. The molecule has 0 saturated heterocycles. The summed E-state index contributed by atoms with van der Waals surface area (Å²) in [5, 5.41) is 9.32. The molecule has 0 radical (unpaired) electrons. The summed E-state index contributed by atoms with van der Waals surface area (Å²) in [6, 6.07) is 6.83. The predicted molar refractivity (Wildman–Crippen MR) is 102 cm³/mol. The highest BCUT2D eigenvalue weighted by atomic mass is 35.5. The van der Waals surface area contributed by atoms with E-state index in [4.69, 9.17) is 16.3 Å². The summed E-state index contributed by atoms with van der Waals surface area (Å²) < 4.78 is 5.09. The number of aryl methyl sites for hydroxylation is 1. The molecule has 0 fully saturated rings. The summed E-state index contributed by atoms with van der Waals surface area (Å²) in [5.41, 5.74) is 1.96. The van der Waals surface area contributed by atoms with Gasteiger partial charge in [0.15, 0.2) is 6.10 Å². The van der Waals surface area contributed by atoms with Crippen molar-refractivity contribution in [3.05, 3.63) is 51.2 Å². The number of carbonyl (C=O) groups is 3. The quantitative estimate of drug-likeness (QED) is 0.705. The largest absolute Gasteiger partial charge is 0.452 e. The first-order chi connectivity index (χ1) is 12.4. The number of carbonyl (C=O) groups excluding carboxylic acids is 3. The molecule has 2 rings (SSSR count). The number of esters is 1. The standard InChI is InChI=1S/C18H19ClN2O4S/c1-11-3-4-14(19)9-15(11)21-17(23)12(2)25-16(22)5-7-20-18(24)13-6-8-26-10-13/h3-4,6,8-10,12H,5,7H2,1-2H3,(H,20,24)(H,21,23). The van der Waals surface area contributed by atoms with Crippen molar-refractivity contribution < 1.29 is 19.1 Å². The fourth-order valence-corrected chi connectivity index (χ4v) is 2.85. The second kappa shape index (κ2) is 9.35. The molecule has 0 aliphatic carbocycles. The third kappa shape index (κ3) is 5.86. The summed E-state index contributed by atoms with van der Waals surface area (Å²) in [5.74, 6) is -1.27. The van der Waals surface area contributed by atoms with Crippen molar-refractivity contribution >= 4 is 46.4 Å². The van der Waals surface area contributed by atoms with E-state index in [9.17, 15) is 14.4 Å². The Morgan fingerprint density at radius 2 is 2.04 bits per heavy atom. The number of hydrogen-bond donors (Lipinski definition) is 2. The van der Waals surface area contributed by atoms with E-state index in [2.05, 4.69) is 10.6 Å². The maximum absolute atomic E-state index is 12.1. The lowest BCUT2D eigenvalue weighted by atomic mass is 10.2. The smallest absolute Gasteiger partial charge is 0.308 e. The average Bonchev–Trinajstić information content (AvgIpc) is 3.12. The molecule has 138 valence electrons. The Morgan fingerprint density at radius 1 is 1.27 bits per heavy atom. The molecule has 2 amide bonds. The number of halogens is 1. The maximum Gasteiger partial charge on any atom is 0.308 e. The molecule has 0 bridgehead atoms. The van der Waals surface area contributed by atoms with Gasteiger partial charge in [0.1, 0.15) is 0 Å². The van der Waals surface area contributed by atoms with E-state index < -0.39 is 18.0 Å². The Balaban J connectivity index is 1.76. The SMILES string of the molecule is Cc1ccc(Cl)cc1NC(=O)C(C)OC(=O)CCNC(=O)c1ccsc1. The molecule has 0 aliphatic rings. The maximum atomic E-state index is 12.1.